The molecule has 23 aromatic rings. The molecule has 20 heteroatoms. The van der Waals surface area contributed by atoms with Gasteiger partial charge >= 0.3 is 0 Å². The quantitative estimate of drug-likeness (QED) is 0.135. The molecule has 10 nitrogen and oxygen atoms in total. The van der Waals surface area contributed by atoms with Crippen molar-refractivity contribution >= 4 is 255 Å². The van der Waals surface area contributed by atoms with E-state index in [1.54, 1.807) is 0 Å². The van der Waals surface area contributed by atoms with E-state index in [-0.39, 0.29) is 0 Å². The van der Waals surface area contributed by atoms with Crippen molar-refractivity contribution in [2.24, 2.45) is 0 Å². The van der Waals surface area contributed by atoms with Gasteiger partial charge in [-0.3, -0.25) is 0 Å². The molecule has 0 aromatic heterocycles. The van der Waals surface area contributed by atoms with Crippen molar-refractivity contribution in [3.8, 4) is 115 Å². The van der Waals surface area contributed by atoms with Crippen molar-refractivity contribution in [1.82, 2.24) is 0 Å². The SMILES string of the molecule is S=P12c3cc4ccccc4cc3Oc3cccc(c31)Oc1ccc3ccccc3c12.S=P12c3ccccc3Oc3c1c(cc1ccccc31)Oc1c2ccc2ccccc12.S=P12c3ccccc3Oc3cc4ccccc4c(c31)Oc1c2ccc2ccccc12.S=P12c3ccccc3Oc3cc4ccccc4c(c31)Oc1ccccc12.S=P12c3ccccc3Oc3cccc(c31)Oc1c2ccc2ccccc12. The van der Waals surface area contributed by atoms with Gasteiger partial charge < -0.3 is 47.4 Å². The Morgan fingerprint density at radius 1 is 0.120 bits per heavy atom. The molecule has 0 amide bonds. The lowest BCUT2D eigenvalue weighted by Crippen LogP contribution is -2.35. The summed E-state index contributed by atoms with van der Waals surface area (Å²) in [5, 5.41) is 34.3. The van der Waals surface area contributed by atoms with Crippen LogP contribution in [-0.4, -0.2) is 0 Å². The summed E-state index contributed by atoms with van der Waals surface area (Å²) in [5.41, 5.74) is 0. The maximum absolute atomic E-state index is 6.71. The van der Waals surface area contributed by atoms with Gasteiger partial charge in [0.15, 0.2) is 0 Å². The molecule has 674 valence electrons. The first-order chi connectivity index (χ1) is 69.8. The van der Waals surface area contributed by atoms with Gasteiger partial charge in [-0.25, -0.2) is 0 Å². The average Bonchev–Trinajstić information content (AvgIpc) is 0.686. The Morgan fingerprint density at radius 3 is 0.768 bits per heavy atom. The van der Waals surface area contributed by atoms with E-state index in [4.69, 9.17) is 106 Å². The lowest BCUT2D eigenvalue weighted by Gasteiger charge is -2.38. The number of para-hydroxylation sites is 5. The van der Waals surface area contributed by atoms with E-state index in [0.717, 1.165) is 265 Å². The fourth-order valence-electron chi connectivity index (χ4n) is 22.2. The van der Waals surface area contributed by atoms with Crippen molar-refractivity contribution in [2.75, 3.05) is 0 Å². The van der Waals surface area contributed by atoms with Crippen LogP contribution in [0.15, 0.2) is 431 Å². The predicted octanol–water partition coefficient (Wildman–Crippen LogP) is 27.5. The van der Waals surface area contributed by atoms with E-state index in [0.29, 0.717) is 0 Å². The number of hydrogen-bond donors (Lipinski definition) is 0. The van der Waals surface area contributed by atoms with Gasteiger partial charge in [-0.2, -0.15) is 0 Å². The minimum Gasteiger partial charge on any atom is -0.456 e. The van der Waals surface area contributed by atoms with Crippen molar-refractivity contribution in [2.45, 2.75) is 0 Å². The molecule has 5 unspecified atom stereocenters. The van der Waals surface area contributed by atoms with Gasteiger partial charge in [0.2, 0.25) is 0 Å². The lowest BCUT2D eigenvalue weighted by atomic mass is 10.1. The van der Waals surface area contributed by atoms with Gasteiger partial charge in [-0.1, -0.05) is 350 Å². The summed E-state index contributed by atoms with van der Waals surface area (Å²) in [7, 11) is 0. The highest BCUT2D eigenvalue weighted by Gasteiger charge is 2.50. The maximum atomic E-state index is 6.71. The van der Waals surface area contributed by atoms with E-state index < -0.39 is 30.2 Å². The second-order valence-corrected chi connectivity index (χ2v) is 57.5. The van der Waals surface area contributed by atoms with Crippen molar-refractivity contribution in [1.29, 1.82) is 0 Å². The Kier molecular flexibility index (Phi) is 19.0. The van der Waals surface area contributed by atoms with Crippen molar-refractivity contribution in [3.63, 3.8) is 0 Å². The second-order valence-electron chi connectivity index (χ2n) is 36.1. The van der Waals surface area contributed by atoms with Crippen LogP contribution in [0.3, 0.4) is 0 Å². The third kappa shape index (κ3) is 12.2. The number of rotatable bonds is 0. The van der Waals surface area contributed by atoms with Crippen LogP contribution in [0.25, 0.3) is 86.2 Å². The standard InChI is InChI=1S/3C26H15O2PS.2C22H13O2PS/c30-29-22-12-6-5-11-20(22)27-25-19-10-4-2-8-17(19)15-21(26(25)29)28-24-18-9-3-1-7-16(18)13-14-23(24)29;30-29-22-12-6-5-11-20(22)27-21-15-17-8-2-4-10-19(17)25(26(21)29)28-24-18-9-3-1-7-16(18)13-14-23(24)29;30-29-24-15-18-8-2-1-7-17(18)14-23(24)28-21-11-5-10-20(26(21)29)27-22-13-12-16-6-3-4-9-19(16)25(22)29;26-25-19-11-5-3-9-16(19)23-18-13-14-7-1-2-8-15(14)21(22(18)25)24-17-10-4-6-12-20(17)25;26-25-19-11-4-3-8-16(19)23-17-9-5-10-18(22(17)25)24-21-15-7-2-1-6-14(15)12-13-20(21)25/h3*1-15H;2*1-13H. The van der Waals surface area contributed by atoms with E-state index in [2.05, 4.69) is 267 Å². The zero-order valence-corrected chi connectivity index (χ0v) is 83.4. The third-order valence-corrected chi connectivity index (χ3v) is 52.8. The molecule has 33 rings (SSSR count). The summed E-state index contributed by atoms with van der Waals surface area (Å²) in [6.45, 7) is 0. The maximum Gasteiger partial charge on any atom is 0.148 e. The number of benzene rings is 23. The topological polar surface area (TPSA) is 92.3 Å². The lowest BCUT2D eigenvalue weighted by molar-refractivity contribution is 0.467. The Balaban J connectivity index is 0.0000000849. The molecule has 142 heavy (non-hydrogen) atoms. The van der Waals surface area contributed by atoms with Gasteiger partial charge in [-0.05, 0) is 193 Å². The first kappa shape index (κ1) is 84.3. The van der Waals surface area contributed by atoms with E-state index >= 15 is 0 Å². The van der Waals surface area contributed by atoms with E-state index in [1.807, 2.05) is 164 Å². The Morgan fingerprint density at radius 2 is 0.352 bits per heavy atom. The summed E-state index contributed by atoms with van der Waals surface area (Å²) in [5.74, 6) is 17.0. The normalized spacial score (nSPS) is 18.4. The zero-order valence-electron chi connectivity index (χ0n) is 74.9. The van der Waals surface area contributed by atoms with Gasteiger partial charge in [0.05, 0.1) is 56.7 Å². The summed E-state index contributed by atoms with van der Waals surface area (Å²) in [6.07, 6.45) is 0. The number of hydrogen-bond acceptors (Lipinski definition) is 15. The molecule has 10 aliphatic rings. The highest BCUT2D eigenvalue weighted by molar-refractivity contribution is 8.28. The molecule has 0 fully saturated rings. The third-order valence-electron chi connectivity index (χ3n) is 28.4. The monoisotopic (exact) mass is 2010 g/mol. The van der Waals surface area contributed by atoms with E-state index in [1.165, 1.54) is 16.2 Å². The van der Waals surface area contributed by atoms with Crippen LogP contribution < -0.4 is 127 Å². The molecule has 0 bridgehead atoms. The molecule has 10 aliphatic heterocycles. The summed E-state index contributed by atoms with van der Waals surface area (Å²) in [6, 6.07) is 136. The Bertz CT molecular complexity index is 9830. The van der Waals surface area contributed by atoms with Crippen LogP contribution in [0.5, 0.6) is 115 Å². The molecule has 0 spiro atoms. The minimum atomic E-state index is -2.38. The predicted molar refractivity (Wildman–Crippen MR) is 603 cm³/mol. The molecule has 0 aliphatic carbocycles. The van der Waals surface area contributed by atoms with Crippen LogP contribution in [0.1, 0.15) is 0 Å². The smallest absolute Gasteiger partial charge is 0.148 e. The minimum absolute atomic E-state index is 0.817. The summed E-state index contributed by atoms with van der Waals surface area (Å²) >= 11 is 32.9. The van der Waals surface area contributed by atoms with Gasteiger partial charge in [0.25, 0.3) is 0 Å². The fraction of sp³-hybridized carbons (Fsp3) is 0. The van der Waals surface area contributed by atoms with E-state index in [9.17, 15) is 0 Å². The number of ether oxygens (including phenoxy) is 10. The number of fused-ring (bicyclic) bond motifs is 35. The van der Waals surface area contributed by atoms with Crippen LogP contribution in [-0.2, 0) is 59.0 Å². The molecule has 0 N–H and O–H groups in total. The highest BCUT2D eigenvalue weighted by Crippen LogP contribution is 2.67. The van der Waals surface area contributed by atoms with Crippen molar-refractivity contribution in [3.05, 3.63) is 431 Å². The Hall–Kier alpha value is -14.6. The molecule has 5 atom stereocenters. The summed E-state index contributed by atoms with van der Waals surface area (Å²) in [4.78, 5) is 0. The Labute approximate surface area is 840 Å². The molecular formula is C122H71O10P5S5. The van der Waals surface area contributed by atoms with Crippen LogP contribution in [0.2, 0.25) is 0 Å². The second kappa shape index (κ2) is 32.0. The molecule has 0 saturated carbocycles. The molecule has 10 heterocycles. The van der Waals surface area contributed by atoms with Gasteiger partial charge in [-0.15, -0.1) is 0 Å². The summed E-state index contributed by atoms with van der Waals surface area (Å²) < 4.78 is 64.2. The molecular weight excluding hydrogens is 1940 g/mol. The molecule has 0 radical (unpaired) electrons. The first-order valence-corrected chi connectivity index (χ1v) is 60.6. The van der Waals surface area contributed by atoms with Crippen LogP contribution in [0.4, 0.5) is 0 Å². The first-order valence-electron chi connectivity index (χ1n) is 46.6. The zero-order chi connectivity index (χ0) is 94.2. The van der Waals surface area contributed by atoms with Crippen LogP contribution >= 0.6 is 30.2 Å². The fourth-order valence-corrected chi connectivity index (χ4v) is 44.9. The average molecular weight is 2010 g/mol. The highest BCUT2D eigenvalue weighted by atomic mass is 32.5. The van der Waals surface area contributed by atoms with Gasteiger partial charge in [0.1, 0.15) is 115 Å². The molecule has 0 saturated heterocycles. The molecule has 23 aromatic carbocycles. The van der Waals surface area contributed by atoms with Crippen molar-refractivity contribution < 1.29 is 47.4 Å². The van der Waals surface area contributed by atoms with Crippen LogP contribution in [0, 0.1) is 0 Å². The largest absolute Gasteiger partial charge is 0.456 e. The van der Waals surface area contributed by atoms with Gasteiger partial charge in [0, 0.05) is 85.4 Å².